The molecule has 0 spiro atoms. The largest absolute Gasteiger partial charge is 1.00 e. The molecular weight excluding hydrogens is 643 g/mol. The van der Waals surface area contributed by atoms with Crippen LogP contribution in [0.5, 0.6) is 28.7 Å². The number of fused-ring (bicyclic) bond motifs is 2. The average Bonchev–Trinajstić information content (AvgIpc) is 3.72. The molecule has 1 aliphatic heterocycles. The van der Waals surface area contributed by atoms with E-state index in [0.717, 1.165) is 23.1 Å². The van der Waals surface area contributed by atoms with Gasteiger partial charge in [0.1, 0.15) is 23.9 Å². The van der Waals surface area contributed by atoms with Gasteiger partial charge in [0.05, 0.1) is 31.2 Å². The number of carbonyl (C=O) groups is 3. The number of ether oxygens (including phenoxy) is 7. The van der Waals surface area contributed by atoms with Crippen molar-refractivity contribution >= 4 is 17.9 Å². The van der Waals surface area contributed by atoms with E-state index in [0.29, 0.717) is 40.7 Å². The van der Waals surface area contributed by atoms with Gasteiger partial charge in [-0.15, -0.1) is 0 Å². The second kappa shape index (κ2) is 16.1. The van der Waals surface area contributed by atoms with Gasteiger partial charge in [0.2, 0.25) is 13.6 Å². The van der Waals surface area contributed by atoms with E-state index in [1.807, 2.05) is 37.3 Å². The maximum absolute atomic E-state index is 14.3. The van der Waals surface area contributed by atoms with Crippen LogP contribution in [0.4, 0.5) is 0 Å². The first-order valence-corrected chi connectivity index (χ1v) is 15.4. The van der Waals surface area contributed by atoms with Crippen LogP contribution in [0.2, 0.25) is 0 Å². The van der Waals surface area contributed by atoms with E-state index in [4.69, 9.17) is 33.2 Å². The fourth-order valence-corrected chi connectivity index (χ4v) is 6.18. The summed E-state index contributed by atoms with van der Waals surface area (Å²) in [7, 11) is 1.48. The molecule has 49 heavy (non-hydrogen) atoms. The van der Waals surface area contributed by atoms with Gasteiger partial charge in [0.15, 0.2) is 11.5 Å². The maximum Gasteiger partial charge on any atom is 1.00 e. The molecule has 0 saturated carbocycles. The Kier molecular flexibility index (Phi) is 11.7. The Labute approximate surface area is 305 Å². The molecule has 0 saturated heterocycles. The molecule has 3 atom stereocenters. The molecule has 1 aliphatic carbocycles. The fourth-order valence-electron chi connectivity index (χ4n) is 6.18. The number of benzene rings is 4. The first kappa shape index (κ1) is 35.6. The van der Waals surface area contributed by atoms with E-state index in [1.165, 1.54) is 7.11 Å². The third kappa shape index (κ3) is 7.80. The number of carboxylic acids is 1. The van der Waals surface area contributed by atoms with Gasteiger partial charge >= 0.3 is 41.5 Å². The molecule has 248 valence electrons. The van der Waals surface area contributed by atoms with Crippen molar-refractivity contribution < 1.29 is 82.2 Å². The smallest absolute Gasteiger partial charge is 0.546 e. The number of esters is 2. The van der Waals surface area contributed by atoms with Crippen LogP contribution >= 0.6 is 0 Å². The number of hydrogen-bond acceptors (Lipinski definition) is 11. The van der Waals surface area contributed by atoms with Gasteiger partial charge < -0.3 is 43.1 Å². The van der Waals surface area contributed by atoms with Crippen LogP contribution in [0, 0.1) is 5.92 Å². The number of carbonyl (C=O) groups excluding carboxylic acids is 3. The molecular formula is C37H33NaO11. The minimum atomic E-state index is -1.42. The molecule has 0 amide bonds. The second-order valence-electron chi connectivity index (χ2n) is 11.2. The Balaban J connectivity index is 0.00000468. The molecule has 12 heteroatoms. The number of carboxylic acid groups (broad SMARTS) is 1. The molecule has 0 aromatic heterocycles. The van der Waals surface area contributed by atoms with Crippen molar-refractivity contribution in [3.63, 3.8) is 0 Å². The summed E-state index contributed by atoms with van der Waals surface area (Å²) in [5, 5.41) is 11.5. The van der Waals surface area contributed by atoms with E-state index in [-0.39, 0.29) is 42.1 Å². The van der Waals surface area contributed by atoms with Gasteiger partial charge in [-0.1, -0.05) is 43.3 Å². The van der Waals surface area contributed by atoms with E-state index in [2.05, 4.69) is 0 Å². The minimum Gasteiger partial charge on any atom is -0.546 e. The molecule has 0 fully saturated rings. The van der Waals surface area contributed by atoms with Gasteiger partial charge in [-0.25, -0.2) is 4.79 Å². The predicted molar refractivity (Wildman–Crippen MR) is 168 cm³/mol. The van der Waals surface area contributed by atoms with Crippen LogP contribution < -0.4 is 58.3 Å². The molecule has 4 aromatic rings. The Bertz CT molecular complexity index is 1810. The summed E-state index contributed by atoms with van der Waals surface area (Å²) in [6.45, 7) is 1.21. The van der Waals surface area contributed by atoms with Gasteiger partial charge in [0.25, 0.3) is 0 Å². The Morgan fingerprint density at radius 2 is 1.55 bits per heavy atom. The summed E-state index contributed by atoms with van der Waals surface area (Å²) < 4.78 is 39.3. The summed E-state index contributed by atoms with van der Waals surface area (Å²) >= 11 is 0. The third-order valence-electron chi connectivity index (χ3n) is 8.25. The predicted octanol–water partition coefficient (Wildman–Crippen LogP) is 1.60. The molecule has 0 radical (unpaired) electrons. The van der Waals surface area contributed by atoms with Crippen LogP contribution in [-0.4, -0.2) is 51.8 Å². The van der Waals surface area contributed by atoms with E-state index >= 15 is 0 Å². The normalized spacial score (nSPS) is 16.9. The van der Waals surface area contributed by atoms with Crippen molar-refractivity contribution in [3.8, 4) is 28.7 Å². The Morgan fingerprint density at radius 1 is 0.796 bits per heavy atom. The summed E-state index contributed by atoms with van der Waals surface area (Å²) in [6.07, 6.45) is 0.788. The summed E-state index contributed by atoms with van der Waals surface area (Å²) in [5.41, 5.74) is 3.13. The van der Waals surface area contributed by atoms with Crippen molar-refractivity contribution in [1.82, 2.24) is 0 Å². The summed E-state index contributed by atoms with van der Waals surface area (Å²) in [4.78, 5) is 38.4. The number of methoxy groups -OCH3 is 1. The standard InChI is InChI=1S/C37H34O11.Na/c1-3-15-43-25-11-12-26-28(17-25)34(27-13-10-24(42-2)18-30(27)44-19-32(38)39)35(33(26)23-9-14-29-31(16-23)46-20-45-29)37(41)48-21-47-36(40)22-7-5-4-6-8-22;/h4-14,16-18,33-35H,3,15,19-21H2,1-2H3,(H,38,39);/q;+1/p-1. The van der Waals surface area contributed by atoms with Gasteiger partial charge in [-0.05, 0) is 65.6 Å². The van der Waals surface area contributed by atoms with Gasteiger partial charge in [-0.2, -0.15) is 0 Å². The topological polar surface area (TPSA) is 139 Å². The maximum atomic E-state index is 14.3. The van der Waals surface area contributed by atoms with Crippen molar-refractivity contribution in [3.05, 3.63) is 113 Å². The van der Waals surface area contributed by atoms with Crippen LogP contribution in [0.25, 0.3) is 0 Å². The minimum absolute atomic E-state index is 0. The Morgan fingerprint density at radius 3 is 2.31 bits per heavy atom. The molecule has 2 aliphatic rings. The molecule has 0 bridgehead atoms. The van der Waals surface area contributed by atoms with Gasteiger partial charge in [0, 0.05) is 23.5 Å². The van der Waals surface area contributed by atoms with Crippen LogP contribution in [0.3, 0.4) is 0 Å². The van der Waals surface area contributed by atoms with Crippen molar-refractivity contribution in [2.24, 2.45) is 5.92 Å². The zero-order valence-corrected chi connectivity index (χ0v) is 29.3. The van der Waals surface area contributed by atoms with E-state index in [1.54, 1.807) is 54.6 Å². The SMILES string of the molecule is CCCOc1ccc2c(c1)C(c1ccc(OC)cc1OCC(=O)[O-])C(C(=O)OCOC(=O)c1ccccc1)C2c1ccc2c(c1)OCO2.[Na+]. The third-order valence-corrected chi connectivity index (χ3v) is 8.25. The van der Waals surface area contributed by atoms with Crippen molar-refractivity contribution in [2.75, 3.05) is 33.9 Å². The fraction of sp³-hybridized carbons (Fsp3) is 0.270. The van der Waals surface area contributed by atoms with Crippen molar-refractivity contribution in [1.29, 1.82) is 0 Å². The molecule has 1 heterocycles. The zero-order chi connectivity index (χ0) is 33.6. The molecule has 3 unspecified atom stereocenters. The van der Waals surface area contributed by atoms with Crippen molar-refractivity contribution in [2.45, 2.75) is 25.2 Å². The van der Waals surface area contributed by atoms with E-state index < -0.39 is 49.1 Å². The summed E-state index contributed by atoms with van der Waals surface area (Å²) in [5.74, 6) is -2.63. The van der Waals surface area contributed by atoms with Crippen LogP contribution in [0.1, 0.15) is 57.8 Å². The monoisotopic (exact) mass is 676 g/mol. The second-order valence-corrected chi connectivity index (χ2v) is 11.2. The zero-order valence-electron chi connectivity index (χ0n) is 27.3. The number of hydrogen-bond donors (Lipinski definition) is 0. The average molecular weight is 677 g/mol. The molecule has 4 aromatic carbocycles. The number of aliphatic carboxylic acids is 1. The van der Waals surface area contributed by atoms with E-state index in [9.17, 15) is 19.5 Å². The van der Waals surface area contributed by atoms with Crippen LogP contribution in [-0.2, 0) is 19.1 Å². The van der Waals surface area contributed by atoms with Crippen LogP contribution in [0.15, 0.2) is 84.9 Å². The Hall–Kier alpha value is -4.71. The first-order chi connectivity index (χ1) is 23.4. The summed E-state index contributed by atoms with van der Waals surface area (Å²) in [6, 6.07) is 24.5. The molecule has 6 rings (SSSR count). The first-order valence-electron chi connectivity index (χ1n) is 15.4. The molecule has 11 nitrogen and oxygen atoms in total. The number of rotatable bonds is 13. The quantitative estimate of drug-likeness (QED) is 0.116. The molecule has 0 N–H and O–H groups in total. The van der Waals surface area contributed by atoms with Gasteiger partial charge in [-0.3, -0.25) is 4.79 Å².